The fourth-order valence-electron chi connectivity index (χ4n) is 6.54. The molecule has 1 aromatic carbocycles. The summed E-state index contributed by atoms with van der Waals surface area (Å²) in [5.74, 6) is -2.61. The molecule has 4 bridgehead atoms. The molecule has 2 aromatic rings. The Kier molecular flexibility index (Phi) is 10.2. The van der Waals surface area contributed by atoms with Crippen LogP contribution >= 0.6 is 0 Å². The van der Waals surface area contributed by atoms with Crippen LogP contribution in [0.5, 0.6) is 5.88 Å². The van der Waals surface area contributed by atoms with E-state index in [0.29, 0.717) is 23.8 Å². The maximum absolute atomic E-state index is 14.4. The van der Waals surface area contributed by atoms with Crippen molar-refractivity contribution in [3.63, 3.8) is 0 Å². The van der Waals surface area contributed by atoms with E-state index in [1.54, 1.807) is 6.20 Å². The van der Waals surface area contributed by atoms with Gasteiger partial charge in [-0.25, -0.2) is 22.9 Å². The van der Waals surface area contributed by atoms with Crippen LogP contribution in [-0.2, 0) is 33.9 Å². The summed E-state index contributed by atoms with van der Waals surface area (Å²) in [5.41, 5.74) is -0.121. The van der Waals surface area contributed by atoms with Crippen LogP contribution in [0.3, 0.4) is 0 Å². The highest BCUT2D eigenvalue weighted by molar-refractivity contribution is 7.94. The van der Waals surface area contributed by atoms with Gasteiger partial charge in [-0.3, -0.25) is 19.2 Å². The summed E-state index contributed by atoms with van der Waals surface area (Å²) in [7, 11) is -2.63. The number of allylic oxidation sites excluding steroid dienone is 3. The SMILES string of the molecule is C=CC(=O)N(C)C[C@@H]1NC(=O)OCCC/C=C/c2ccc3ccnc(c3c2)O[C@@H]2C[C@@H](C(=O)NC3(C(=O)NS(=O)(=O)C4=CC4)CC(=C)C3)N(C2)C1=O. The number of alkyl carbamates (subject to hydrolysis) is 1. The zero-order chi connectivity index (χ0) is 37.2. The lowest BCUT2D eigenvalue weighted by molar-refractivity contribution is -0.143. The number of pyridine rings is 1. The molecule has 0 unspecified atom stereocenters. The number of sulfonamides is 1. The van der Waals surface area contributed by atoms with Crippen LogP contribution in [0.25, 0.3) is 16.8 Å². The molecule has 3 atom stereocenters. The average molecular weight is 733 g/mol. The molecule has 3 N–H and O–H groups in total. The van der Waals surface area contributed by atoms with Crippen molar-refractivity contribution in [3.8, 4) is 5.88 Å². The van der Waals surface area contributed by atoms with Gasteiger partial charge in [0.05, 0.1) is 24.6 Å². The van der Waals surface area contributed by atoms with Crippen LogP contribution in [-0.4, -0.2) is 103 Å². The number of nitrogens with zero attached hydrogens (tertiary/aromatic N) is 3. The van der Waals surface area contributed by atoms with Crippen molar-refractivity contribution in [2.45, 2.75) is 62.3 Å². The van der Waals surface area contributed by atoms with E-state index in [9.17, 15) is 32.4 Å². The number of ether oxygens (including phenoxy) is 2. The summed E-state index contributed by atoms with van der Waals surface area (Å²) < 4.78 is 39.0. The minimum absolute atomic E-state index is 0.0130. The normalized spacial score (nSPS) is 23.4. The predicted molar refractivity (Wildman–Crippen MR) is 190 cm³/mol. The van der Waals surface area contributed by atoms with Gasteiger partial charge in [0, 0.05) is 44.3 Å². The number of benzene rings is 1. The average Bonchev–Trinajstić information content (AvgIpc) is 3.88. The quantitative estimate of drug-likeness (QED) is 0.267. The number of hydrogen-bond acceptors (Lipinski definition) is 10. The predicted octanol–water partition coefficient (Wildman–Crippen LogP) is 2.07. The topological polar surface area (TPSA) is 193 Å². The summed E-state index contributed by atoms with van der Waals surface area (Å²) in [4.78, 5) is 74.4. The van der Waals surface area contributed by atoms with Crippen molar-refractivity contribution in [2.24, 2.45) is 0 Å². The van der Waals surface area contributed by atoms with Crippen molar-refractivity contribution in [3.05, 3.63) is 77.9 Å². The molecule has 2 fully saturated rings. The molecule has 5 amide bonds. The Morgan fingerprint density at radius 1 is 1.21 bits per heavy atom. The summed E-state index contributed by atoms with van der Waals surface area (Å²) in [6.45, 7) is 6.99. The van der Waals surface area contributed by atoms with Crippen LogP contribution in [0.2, 0.25) is 0 Å². The lowest BCUT2D eigenvalue weighted by Crippen LogP contribution is -2.66. The highest BCUT2D eigenvalue weighted by Gasteiger charge is 2.52. The summed E-state index contributed by atoms with van der Waals surface area (Å²) in [6.07, 6.45) is 7.59. The Morgan fingerprint density at radius 3 is 2.69 bits per heavy atom. The standard InChI is InChI=1S/C36H40N6O9S/c1-4-30(43)41(3)21-28-33(45)42-20-25(17-29(42)31(44)39-36(18-22(2)19-36)34(46)40-52(48,49)26-11-12-26)51-32-27-16-23(9-10-24(27)13-14-37-32)8-6-5-7-15-50-35(47)38-28/h4,6,8-11,13-14,16,25,28-29H,1-2,5,7,12,15,17-21H2,3H3,(H,38,47)(H,39,44)(H,40,46)/b8-6+/t25-,28+,29+/m1/s1. The Labute approximate surface area is 300 Å². The number of fused-ring (bicyclic) bond motifs is 3. The third-order valence-electron chi connectivity index (χ3n) is 9.38. The molecule has 274 valence electrons. The van der Waals surface area contributed by atoms with E-state index in [0.717, 1.165) is 17.0 Å². The number of aromatic nitrogens is 1. The molecule has 15 nitrogen and oxygen atoms in total. The van der Waals surface area contributed by atoms with Crippen molar-refractivity contribution in [1.29, 1.82) is 0 Å². The first-order valence-electron chi connectivity index (χ1n) is 16.9. The zero-order valence-corrected chi connectivity index (χ0v) is 29.4. The number of cyclic esters (lactones) is 1. The Bertz CT molecular complexity index is 2020. The second-order valence-corrected chi connectivity index (χ2v) is 15.1. The van der Waals surface area contributed by atoms with E-state index in [1.807, 2.05) is 36.4 Å². The first kappa shape index (κ1) is 36.3. The molecule has 52 heavy (non-hydrogen) atoms. The van der Waals surface area contributed by atoms with E-state index in [2.05, 4.69) is 33.5 Å². The molecule has 4 aliphatic rings. The first-order valence-corrected chi connectivity index (χ1v) is 18.3. The van der Waals surface area contributed by atoms with Crippen molar-refractivity contribution >= 4 is 56.6 Å². The molecule has 3 heterocycles. The molecule has 2 aliphatic heterocycles. The van der Waals surface area contributed by atoms with E-state index in [-0.39, 0.29) is 56.2 Å². The molecule has 0 spiro atoms. The van der Waals surface area contributed by atoms with Gasteiger partial charge >= 0.3 is 6.09 Å². The molecule has 0 radical (unpaired) electrons. The Hall–Kier alpha value is -5.51. The molecule has 1 aromatic heterocycles. The monoisotopic (exact) mass is 732 g/mol. The fraction of sp³-hybridized carbons (Fsp3) is 0.389. The molecular weight excluding hydrogens is 692 g/mol. The van der Waals surface area contributed by atoms with Gasteiger partial charge in [0.15, 0.2) is 0 Å². The van der Waals surface area contributed by atoms with Gasteiger partial charge < -0.3 is 29.9 Å². The number of carbonyl (C=O) groups excluding carboxylic acids is 5. The van der Waals surface area contributed by atoms with E-state index >= 15 is 0 Å². The maximum Gasteiger partial charge on any atom is 0.407 e. The smallest absolute Gasteiger partial charge is 0.407 e. The first-order chi connectivity index (χ1) is 24.8. The lowest BCUT2D eigenvalue weighted by Gasteiger charge is -2.43. The van der Waals surface area contributed by atoms with Crippen LogP contribution in [0.15, 0.2) is 72.3 Å². The molecule has 6 rings (SSSR count). The largest absolute Gasteiger partial charge is 0.472 e. The minimum Gasteiger partial charge on any atom is -0.472 e. The van der Waals surface area contributed by atoms with Gasteiger partial charge in [-0.05, 0) is 42.0 Å². The highest BCUT2D eigenvalue weighted by Crippen LogP contribution is 2.38. The van der Waals surface area contributed by atoms with E-state index in [4.69, 9.17) is 9.47 Å². The molecule has 1 saturated heterocycles. The molecule has 1 saturated carbocycles. The van der Waals surface area contributed by atoms with Crippen molar-refractivity contribution in [1.82, 2.24) is 30.1 Å². The highest BCUT2D eigenvalue weighted by atomic mass is 32.2. The summed E-state index contributed by atoms with van der Waals surface area (Å²) in [5, 5.41) is 6.84. The number of nitrogens with one attached hydrogen (secondary N) is 3. The van der Waals surface area contributed by atoms with Gasteiger partial charge in [0.2, 0.25) is 23.6 Å². The van der Waals surface area contributed by atoms with Crippen LogP contribution in [0, 0.1) is 0 Å². The van der Waals surface area contributed by atoms with Gasteiger partial charge in [-0.15, -0.1) is 0 Å². The molecule has 16 heteroatoms. The van der Waals surface area contributed by atoms with Crippen LogP contribution in [0.1, 0.15) is 44.1 Å². The summed E-state index contributed by atoms with van der Waals surface area (Å²) >= 11 is 0. The van der Waals surface area contributed by atoms with Gasteiger partial charge in [0.25, 0.3) is 15.9 Å². The fourth-order valence-corrected chi connectivity index (χ4v) is 7.63. The minimum atomic E-state index is -4.06. The second-order valence-electron chi connectivity index (χ2n) is 13.4. The Morgan fingerprint density at radius 2 is 1.98 bits per heavy atom. The number of likely N-dealkylation sites (N-methyl/N-ethyl adjacent to an activating group) is 1. The zero-order valence-electron chi connectivity index (χ0n) is 28.6. The lowest BCUT2D eigenvalue weighted by atomic mass is 9.72. The van der Waals surface area contributed by atoms with Crippen LogP contribution < -0.4 is 20.1 Å². The van der Waals surface area contributed by atoms with Crippen molar-refractivity contribution < 1.29 is 41.9 Å². The summed E-state index contributed by atoms with van der Waals surface area (Å²) in [6, 6.07) is 5.04. The van der Waals surface area contributed by atoms with Crippen LogP contribution in [0.4, 0.5) is 4.79 Å². The molecule has 2 aliphatic carbocycles. The van der Waals surface area contributed by atoms with Crippen molar-refractivity contribution in [2.75, 3.05) is 26.7 Å². The third kappa shape index (κ3) is 7.86. The number of amides is 5. The van der Waals surface area contributed by atoms with E-state index < -0.39 is 63.5 Å². The van der Waals surface area contributed by atoms with Gasteiger partial charge in [-0.1, -0.05) is 49.1 Å². The second kappa shape index (κ2) is 14.6. The number of hydrogen-bond donors (Lipinski definition) is 3. The Balaban J connectivity index is 1.34. The van der Waals surface area contributed by atoms with Gasteiger partial charge in [0.1, 0.15) is 23.7 Å². The third-order valence-corrected chi connectivity index (χ3v) is 10.9. The molecular formula is C36H40N6O9S. The number of carbonyl (C=O) groups is 5. The maximum atomic E-state index is 14.4. The number of rotatable bonds is 8. The van der Waals surface area contributed by atoms with E-state index in [1.165, 1.54) is 22.9 Å². The van der Waals surface area contributed by atoms with Gasteiger partial charge in [-0.2, -0.15) is 0 Å².